The lowest BCUT2D eigenvalue weighted by Gasteiger charge is -2.35. The number of hydrogen-bond acceptors (Lipinski definition) is 1. The van der Waals surface area contributed by atoms with E-state index in [0.29, 0.717) is 0 Å². The summed E-state index contributed by atoms with van der Waals surface area (Å²) in [7, 11) is -2.81. The zero-order valence-electron chi connectivity index (χ0n) is 38.0. The van der Waals surface area contributed by atoms with Crippen molar-refractivity contribution in [2.24, 2.45) is 0 Å². The highest BCUT2D eigenvalue weighted by molar-refractivity contribution is 7.22. The van der Waals surface area contributed by atoms with Crippen LogP contribution in [0.25, 0.3) is 33.4 Å². The van der Waals surface area contributed by atoms with Crippen LogP contribution in [0.4, 0.5) is 17.1 Å². The van der Waals surface area contributed by atoms with E-state index in [2.05, 4.69) is 268 Å². The first-order valence-electron chi connectivity index (χ1n) is 23.7. The van der Waals surface area contributed by atoms with E-state index in [1.165, 1.54) is 93.1 Å². The van der Waals surface area contributed by atoms with Crippen LogP contribution in [0.3, 0.4) is 0 Å². The molecule has 0 spiro atoms. The number of aryl methyl sites for hydroxylation is 1. The molecule has 0 saturated heterocycles. The van der Waals surface area contributed by atoms with Crippen LogP contribution in [0.2, 0.25) is 0 Å². The fourth-order valence-electron chi connectivity index (χ4n) is 12.7. The van der Waals surface area contributed by atoms with Gasteiger partial charge in [0.25, 0.3) is 0 Å². The second-order valence-electron chi connectivity index (χ2n) is 19.1. The van der Waals surface area contributed by atoms with Crippen molar-refractivity contribution in [1.82, 2.24) is 0 Å². The van der Waals surface area contributed by atoms with E-state index in [-0.39, 0.29) is 10.8 Å². The van der Waals surface area contributed by atoms with E-state index < -0.39 is 8.07 Å². The SMILES string of the molecule is Cc1cc(N(c2cccc(C3(C)c4ccccc4-c4ccccc43)c2)c2ccc3c(c2)C(C)(c2ccccc2)c2ccccc2-3)cc([Si]2(c3ccccc3)c3ccccc3-c3ccccc32)c1. The number of benzene rings is 10. The zero-order chi connectivity index (χ0) is 44.9. The molecule has 1 atom stereocenters. The molecule has 0 radical (unpaired) electrons. The normalized spacial score (nSPS) is 16.3. The predicted octanol–water partition coefficient (Wildman–Crippen LogP) is 13.5. The summed E-state index contributed by atoms with van der Waals surface area (Å²) in [6.07, 6.45) is 0. The third kappa shape index (κ3) is 5.54. The molecule has 2 heteroatoms. The van der Waals surface area contributed by atoms with Gasteiger partial charge in [0.05, 0.1) is 0 Å². The minimum Gasteiger partial charge on any atom is -0.310 e. The van der Waals surface area contributed by atoms with Gasteiger partial charge in [0.1, 0.15) is 0 Å². The predicted molar refractivity (Wildman–Crippen MR) is 283 cm³/mol. The summed E-state index contributed by atoms with van der Waals surface area (Å²) < 4.78 is 0. The van der Waals surface area contributed by atoms with Crippen molar-refractivity contribution in [2.45, 2.75) is 31.6 Å². The number of hydrogen-bond donors (Lipinski definition) is 0. The van der Waals surface area contributed by atoms with Crippen molar-refractivity contribution >= 4 is 45.9 Å². The Morgan fingerprint density at radius 3 is 1.37 bits per heavy atom. The zero-order valence-corrected chi connectivity index (χ0v) is 39.0. The largest absolute Gasteiger partial charge is 0.310 e. The molecule has 1 nitrogen and oxygen atoms in total. The fourth-order valence-corrected chi connectivity index (χ4v) is 18.0. The van der Waals surface area contributed by atoms with Crippen LogP contribution in [0.5, 0.6) is 0 Å². The molecule has 0 amide bonds. The van der Waals surface area contributed by atoms with Gasteiger partial charge in [-0.2, -0.15) is 0 Å². The molecule has 67 heavy (non-hydrogen) atoms. The van der Waals surface area contributed by atoms with Crippen LogP contribution in [-0.4, -0.2) is 8.07 Å². The number of anilines is 3. The third-order valence-corrected chi connectivity index (χ3v) is 20.6. The summed E-state index contributed by atoms with van der Waals surface area (Å²) in [6.45, 7) is 7.14. The van der Waals surface area contributed by atoms with Crippen molar-refractivity contribution in [2.75, 3.05) is 4.90 Å². The van der Waals surface area contributed by atoms with Gasteiger partial charge in [0, 0.05) is 27.9 Å². The highest BCUT2D eigenvalue weighted by Crippen LogP contribution is 2.55. The first-order chi connectivity index (χ1) is 32.9. The van der Waals surface area contributed by atoms with E-state index in [1.54, 1.807) is 0 Å². The highest BCUT2D eigenvalue weighted by atomic mass is 28.3. The van der Waals surface area contributed by atoms with Crippen LogP contribution in [0.1, 0.15) is 52.8 Å². The Hall–Kier alpha value is -7.78. The van der Waals surface area contributed by atoms with Crippen LogP contribution >= 0.6 is 0 Å². The topological polar surface area (TPSA) is 3.24 Å². The Morgan fingerprint density at radius 2 is 0.776 bits per heavy atom. The lowest BCUT2D eigenvalue weighted by molar-refractivity contribution is 0.713. The van der Waals surface area contributed by atoms with Gasteiger partial charge in [-0.05, 0) is 150 Å². The number of nitrogens with zero attached hydrogens (tertiary/aromatic N) is 1. The molecule has 2 aliphatic carbocycles. The van der Waals surface area contributed by atoms with Gasteiger partial charge in [0.2, 0.25) is 0 Å². The van der Waals surface area contributed by atoms with Gasteiger partial charge in [0.15, 0.2) is 8.07 Å². The average Bonchev–Trinajstić information content (AvgIpc) is 3.94. The Kier molecular flexibility index (Phi) is 8.78. The maximum Gasteiger partial charge on any atom is 0.180 e. The van der Waals surface area contributed by atoms with E-state index in [9.17, 15) is 0 Å². The van der Waals surface area contributed by atoms with Gasteiger partial charge >= 0.3 is 0 Å². The van der Waals surface area contributed by atoms with E-state index in [4.69, 9.17) is 0 Å². The Labute approximate surface area is 395 Å². The molecule has 0 fully saturated rings. The molecule has 13 rings (SSSR count). The molecule has 0 aromatic heterocycles. The van der Waals surface area contributed by atoms with E-state index >= 15 is 0 Å². The number of rotatable bonds is 7. The molecule has 1 aliphatic heterocycles. The van der Waals surface area contributed by atoms with Gasteiger partial charge in [-0.15, -0.1) is 0 Å². The van der Waals surface area contributed by atoms with Crippen LogP contribution in [0, 0.1) is 6.92 Å². The Bertz CT molecular complexity index is 3500. The van der Waals surface area contributed by atoms with Gasteiger partial charge in [-0.1, -0.05) is 206 Å². The first kappa shape index (κ1) is 39.6. The molecule has 1 unspecified atom stereocenters. The minimum absolute atomic E-state index is 0.346. The molecular formula is C65H49NSi. The van der Waals surface area contributed by atoms with Crippen molar-refractivity contribution in [3.63, 3.8) is 0 Å². The van der Waals surface area contributed by atoms with Crippen molar-refractivity contribution in [3.05, 3.63) is 282 Å². The summed E-state index contributed by atoms with van der Waals surface area (Å²) in [5, 5.41) is 5.69. The molecule has 0 N–H and O–H groups in total. The smallest absolute Gasteiger partial charge is 0.180 e. The summed E-state index contributed by atoms with van der Waals surface area (Å²) in [6, 6.07) is 92.1. The monoisotopic (exact) mass is 871 g/mol. The number of fused-ring (bicyclic) bond motifs is 9. The van der Waals surface area contributed by atoms with Crippen molar-refractivity contribution < 1.29 is 0 Å². The van der Waals surface area contributed by atoms with Gasteiger partial charge in [-0.3, -0.25) is 0 Å². The fraction of sp³-hybridized carbons (Fsp3) is 0.0769. The average molecular weight is 872 g/mol. The summed E-state index contributed by atoms with van der Waals surface area (Å²) >= 11 is 0. The van der Waals surface area contributed by atoms with Crippen molar-refractivity contribution in [1.29, 1.82) is 0 Å². The lowest BCUT2D eigenvalue weighted by Crippen LogP contribution is -2.72. The summed E-state index contributed by atoms with van der Waals surface area (Å²) in [5.41, 5.74) is 19.9. The lowest BCUT2D eigenvalue weighted by atomic mass is 9.74. The van der Waals surface area contributed by atoms with Gasteiger partial charge in [-0.25, -0.2) is 0 Å². The maximum absolute atomic E-state index is 2.81. The first-order valence-corrected chi connectivity index (χ1v) is 25.7. The molecule has 10 aromatic carbocycles. The second-order valence-corrected chi connectivity index (χ2v) is 22.9. The molecule has 10 aromatic rings. The molecule has 318 valence electrons. The van der Waals surface area contributed by atoms with Crippen LogP contribution in [-0.2, 0) is 10.8 Å². The highest BCUT2D eigenvalue weighted by Gasteiger charge is 2.49. The van der Waals surface area contributed by atoms with E-state index in [1.807, 2.05) is 0 Å². The van der Waals surface area contributed by atoms with Crippen LogP contribution < -0.4 is 25.6 Å². The van der Waals surface area contributed by atoms with E-state index in [0.717, 1.165) is 17.1 Å². The molecule has 3 aliphatic rings. The Morgan fingerprint density at radius 1 is 0.313 bits per heavy atom. The molecular weight excluding hydrogens is 823 g/mol. The van der Waals surface area contributed by atoms with Crippen LogP contribution in [0.15, 0.2) is 243 Å². The Balaban J connectivity index is 1.08. The minimum atomic E-state index is -2.81. The third-order valence-electron chi connectivity index (χ3n) is 15.7. The van der Waals surface area contributed by atoms with Crippen molar-refractivity contribution in [3.8, 4) is 33.4 Å². The summed E-state index contributed by atoms with van der Waals surface area (Å²) in [5.74, 6) is 0. The standard InChI is InChI=1S/C65H49NSi/c1-44-39-49(42-51(40-44)67(50-25-8-5-9-26-50)62-35-18-13-30-56(62)57-31-14-19-36-63(57)67)66(47-24-20-23-46(41-47)65(3)59-33-16-10-27-52(59)53-28-11-17-34-60(53)65)48-37-38-55-54-29-12-15-32-58(54)64(2,61(55)43-48)45-21-6-4-7-22-45/h4-43H,1-3H3. The summed E-state index contributed by atoms with van der Waals surface area (Å²) in [4.78, 5) is 2.56. The van der Waals surface area contributed by atoms with Gasteiger partial charge < -0.3 is 4.90 Å². The molecule has 0 bridgehead atoms. The molecule has 0 saturated carbocycles. The quantitative estimate of drug-likeness (QED) is 0.144. The molecule has 1 heterocycles. The maximum atomic E-state index is 2.56. The second kappa shape index (κ2) is 14.9.